The van der Waals surface area contributed by atoms with Crippen LogP contribution in [0.2, 0.25) is 6.55 Å². The molecule has 0 rings (SSSR count). The van der Waals surface area contributed by atoms with E-state index < -0.39 is 8.56 Å². The monoisotopic (exact) mass is 175 g/mol. The number of hydrogen-bond acceptors (Lipinski definition) is 2. The van der Waals surface area contributed by atoms with Crippen molar-refractivity contribution >= 4 is 8.56 Å². The molecule has 0 amide bonds. The summed E-state index contributed by atoms with van der Waals surface area (Å²) in [6, 6.07) is 0. The van der Waals surface area contributed by atoms with Crippen molar-refractivity contribution in [3.63, 3.8) is 0 Å². The summed E-state index contributed by atoms with van der Waals surface area (Å²) in [5.41, 5.74) is 0. The van der Waals surface area contributed by atoms with Crippen LogP contribution in [0, 0.1) is 6.55 Å². The van der Waals surface area contributed by atoms with Crippen molar-refractivity contribution in [2.75, 3.05) is 13.2 Å². The second-order valence-corrected chi connectivity index (χ2v) is 5.68. The Morgan fingerprint density at radius 2 is 1.45 bits per heavy atom. The Morgan fingerprint density at radius 3 is 1.73 bits per heavy atom. The predicted molar refractivity (Wildman–Crippen MR) is 49.5 cm³/mol. The summed E-state index contributed by atoms with van der Waals surface area (Å²) in [4.78, 5) is 0. The molecule has 0 aliphatic rings. The molecule has 1 radical (unpaired) electrons. The largest absolute Gasteiger partial charge is 0.394 e. The maximum absolute atomic E-state index is 5.49. The fraction of sp³-hybridized carbons (Fsp3) is 0.875. The van der Waals surface area contributed by atoms with E-state index in [4.69, 9.17) is 8.85 Å². The highest BCUT2D eigenvalue weighted by atomic mass is 28.4. The van der Waals surface area contributed by atoms with Gasteiger partial charge in [-0.2, -0.15) is 0 Å². The second-order valence-electron chi connectivity index (χ2n) is 2.83. The van der Waals surface area contributed by atoms with Crippen LogP contribution in [-0.4, -0.2) is 21.8 Å². The molecule has 0 fully saturated rings. The zero-order valence-corrected chi connectivity index (χ0v) is 8.85. The van der Waals surface area contributed by atoms with Crippen molar-refractivity contribution in [2.24, 2.45) is 0 Å². The van der Waals surface area contributed by atoms with Gasteiger partial charge in [0.05, 0.1) is 0 Å². The van der Waals surface area contributed by atoms with E-state index in [1.54, 1.807) is 0 Å². The minimum absolute atomic E-state index is 0.774. The van der Waals surface area contributed by atoms with E-state index in [9.17, 15) is 0 Å². The standard InChI is InChI=1S/C8H19O2Si/c1-5-7-9-11(3,4)10-8-6-2/h3,5-8H2,1-2,4H3. The molecule has 0 spiro atoms. The molecule has 0 N–H and O–H groups in total. The van der Waals surface area contributed by atoms with Gasteiger partial charge >= 0.3 is 8.56 Å². The van der Waals surface area contributed by atoms with Gasteiger partial charge in [0.2, 0.25) is 0 Å². The van der Waals surface area contributed by atoms with Crippen molar-refractivity contribution in [1.29, 1.82) is 0 Å². The zero-order chi connectivity index (χ0) is 8.74. The van der Waals surface area contributed by atoms with Gasteiger partial charge in [0, 0.05) is 13.2 Å². The van der Waals surface area contributed by atoms with Gasteiger partial charge in [-0.05, 0) is 25.9 Å². The highest BCUT2D eigenvalue weighted by Crippen LogP contribution is 2.05. The molecule has 2 nitrogen and oxygen atoms in total. The molecule has 0 saturated carbocycles. The topological polar surface area (TPSA) is 18.5 Å². The maximum Gasteiger partial charge on any atom is 0.334 e. The van der Waals surface area contributed by atoms with Crippen molar-refractivity contribution in [3.05, 3.63) is 6.55 Å². The van der Waals surface area contributed by atoms with Gasteiger partial charge in [0.25, 0.3) is 0 Å². The molecule has 3 heteroatoms. The Labute approximate surface area is 71.1 Å². The van der Waals surface area contributed by atoms with E-state index in [-0.39, 0.29) is 0 Å². The number of rotatable bonds is 6. The van der Waals surface area contributed by atoms with Gasteiger partial charge in [-0.15, -0.1) is 0 Å². The lowest BCUT2D eigenvalue weighted by molar-refractivity contribution is 0.184. The molecular weight excluding hydrogens is 156 g/mol. The van der Waals surface area contributed by atoms with Crippen LogP contribution >= 0.6 is 0 Å². The third-order valence-electron chi connectivity index (χ3n) is 1.22. The van der Waals surface area contributed by atoms with Gasteiger partial charge in [-0.25, -0.2) is 0 Å². The first-order valence-corrected chi connectivity index (χ1v) is 6.78. The summed E-state index contributed by atoms with van der Waals surface area (Å²) >= 11 is 0. The van der Waals surface area contributed by atoms with Crippen LogP contribution in [0.25, 0.3) is 0 Å². The summed E-state index contributed by atoms with van der Waals surface area (Å²) in [6.07, 6.45) is 2.07. The van der Waals surface area contributed by atoms with Gasteiger partial charge in [0.15, 0.2) is 0 Å². The zero-order valence-electron chi connectivity index (χ0n) is 7.85. The fourth-order valence-electron chi connectivity index (χ4n) is 0.678. The molecule has 0 aliphatic heterocycles. The molecule has 11 heavy (non-hydrogen) atoms. The predicted octanol–water partition coefficient (Wildman–Crippen LogP) is 2.28. The maximum atomic E-state index is 5.49. The molecule has 0 aromatic heterocycles. The fourth-order valence-corrected chi connectivity index (χ4v) is 2.03. The van der Waals surface area contributed by atoms with E-state index in [0.29, 0.717) is 0 Å². The normalized spacial score (nSPS) is 12.0. The highest BCUT2D eigenvalue weighted by Gasteiger charge is 2.23. The number of hydrogen-bond donors (Lipinski definition) is 0. The lowest BCUT2D eigenvalue weighted by atomic mass is 10.5. The molecule has 0 aliphatic carbocycles. The quantitative estimate of drug-likeness (QED) is 0.577. The first kappa shape index (κ1) is 11.1. The molecule has 67 valence electrons. The first-order valence-electron chi connectivity index (χ1n) is 4.25. The Bertz CT molecular complexity index is 84.1. The van der Waals surface area contributed by atoms with Crippen LogP contribution in [0.1, 0.15) is 26.7 Å². The van der Waals surface area contributed by atoms with Crippen LogP contribution in [0.4, 0.5) is 0 Å². The van der Waals surface area contributed by atoms with Gasteiger partial charge in [-0.3, -0.25) is 0 Å². The van der Waals surface area contributed by atoms with Gasteiger partial charge < -0.3 is 8.85 Å². The average Bonchev–Trinajstić information content (AvgIpc) is 1.97. The second kappa shape index (κ2) is 5.74. The Kier molecular flexibility index (Phi) is 5.82. The van der Waals surface area contributed by atoms with Crippen molar-refractivity contribution in [1.82, 2.24) is 0 Å². The van der Waals surface area contributed by atoms with Crippen LogP contribution in [-0.2, 0) is 8.85 Å². The van der Waals surface area contributed by atoms with E-state index in [1.165, 1.54) is 0 Å². The van der Waals surface area contributed by atoms with Crippen LogP contribution in [0.5, 0.6) is 0 Å². The summed E-state index contributed by atoms with van der Waals surface area (Å²) in [6.45, 7) is 11.6. The molecule has 0 atom stereocenters. The molecule has 0 heterocycles. The smallest absolute Gasteiger partial charge is 0.334 e. The summed E-state index contributed by atoms with van der Waals surface area (Å²) in [5.74, 6) is 0. The van der Waals surface area contributed by atoms with Crippen LogP contribution in [0.15, 0.2) is 0 Å². The van der Waals surface area contributed by atoms with E-state index >= 15 is 0 Å². The summed E-state index contributed by atoms with van der Waals surface area (Å²) < 4.78 is 11.0. The summed E-state index contributed by atoms with van der Waals surface area (Å²) in [7, 11) is -2.00. The lowest BCUT2D eigenvalue weighted by Crippen LogP contribution is -2.36. The average molecular weight is 175 g/mol. The van der Waals surface area contributed by atoms with Crippen molar-refractivity contribution in [3.8, 4) is 0 Å². The summed E-state index contributed by atoms with van der Waals surface area (Å²) in [5, 5.41) is 0. The van der Waals surface area contributed by atoms with E-state index in [2.05, 4.69) is 20.4 Å². The third kappa shape index (κ3) is 6.53. The first-order chi connectivity index (χ1) is 5.12. The minimum atomic E-state index is -2.00. The van der Waals surface area contributed by atoms with E-state index in [1.807, 2.05) is 6.55 Å². The Balaban J connectivity index is 3.43. The van der Waals surface area contributed by atoms with Gasteiger partial charge in [-0.1, -0.05) is 13.8 Å². The molecule has 0 unspecified atom stereocenters. The lowest BCUT2D eigenvalue weighted by Gasteiger charge is -2.21. The molecule has 0 saturated heterocycles. The van der Waals surface area contributed by atoms with Crippen LogP contribution < -0.4 is 0 Å². The minimum Gasteiger partial charge on any atom is -0.394 e. The highest BCUT2D eigenvalue weighted by molar-refractivity contribution is 6.67. The Hall–Kier alpha value is 0.137. The van der Waals surface area contributed by atoms with Crippen LogP contribution in [0.3, 0.4) is 0 Å². The molecule has 0 bridgehead atoms. The van der Waals surface area contributed by atoms with Crippen molar-refractivity contribution < 1.29 is 8.85 Å². The molecular formula is C8H19O2Si. The SMILES string of the molecule is [CH2][Si](C)(OCCC)OCCC. The van der Waals surface area contributed by atoms with Crippen molar-refractivity contribution in [2.45, 2.75) is 33.2 Å². The molecule has 0 aromatic carbocycles. The third-order valence-corrected chi connectivity index (χ3v) is 2.85. The van der Waals surface area contributed by atoms with Gasteiger partial charge in [0.1, 0.15) is 0 Å². The molecule has 0 aromatic rings. The van der Waals surface area contributed by atoms with E-state index in [0.717, 1.165) is 26.1 Å². The Morgan fingerprint density at radius 1 is 1.09 bits per heavy atom.